The third kappa shape index (κ3) is 4.95. The molecule has 4 aromatic rings. The van der Waals surface area contributed by atoms with E-state index in [1.165, 1.54) is 16.7 Å². The van der Waals surface area contributed by atoms with Gasteiger partial charge in [0.2, 0.25) is 0 Å². The van der Waals surface area contributed by atoms with Crippen LogP contribution in [0.3, 0.4) is 0 Å². The molecular formula is C26H23F4N3O. The Hall–Kier alpha value is -3.68. The molecule has 0 bridgehead atoms. The minimum atomic E-state index is -4.35. The molecule has 0 aliphatic heterocycles. The number of benzene rings is 3. The minimum Gasteiger partial charge on any atom is -0.345 e. The summed E-state index contributed by atoms with van der Waals surface area (Å²) in [6, 6.07) is 19.0. The van der Waals surface area contributed by atoms with Gasteiger partial charge in [0.25, 0.3) is 5.56 Å². The van der Waals surface area contributed by atoms with Crippen molar-refractivity contribution in [1.29, 1.82) is 0 Å². The van der Waals surface area contributed by atoms with E-state index in [-0.39, 0.29) is 12.2 Å². The van der Waals surface area contributed by atoms with Crippen LogP contribution in [0, 0.1) is 12.7 Å². The molecule has 4 nitrogen and oxygen atoms in total. The lowest BCUT2D eigenvalue weighted by Crippen LogP contribution is -2.30. The van der Waals surface area contributed by atoms with Gasteiger partial charge in [0.05, 0.1) is 16.9 Å². The predicted molar refractivity (Wildman–Crippen MR) is 125 cm³/mol. The zero-order valence-corrected chi connectivity index (χ0v) is 18.7. The van der Waals surface area contributed by atoms with Crippen molar-refractivity contribution in [2.24, 2.45) is 0 Å². The van der Waals surface area contributed by atoms with Gasteiger partial charge >= 0.3 is 6.18 Å². The van der Waals surface area contributed by atoms with Crippen molar-refractivity contribution >= 4 is 22.3 Å². The fourth-order valence-corrected chi connectivity index (χ4v) is 4.11. The number of hydrogen-bond acceptors (Lipinski definition) is 3. The molecule has 0 aliphatic rings. The Bertz CT molecular complexity index is 1350. The molecule has 0 amide bonds. The molecule has 0 aliphatic carbocycles. The fraction of sp³-hybridized carbons (Fsp3) is 0.231. The molecule has 0 radical (unpaired) electrons. The third-order valence-corrected chi connectivity index (χ3v) is 5.86. The summed E-state index contributed by atoms with van der Waals surface area (Å²) in [5.41, 5.74) is 2.04. The SMILES string of the molecule is Cc1nc2ccc(N(C)c3ccc(F)cc3)cc2c(=O)n1C(CCC(F)(F)F)c1ccccc1. The van der Waals surface area contributed by atoms with Crippen LogP contribution in [0.1, 0.15) is 30.3 Å². The highest BCUT2D eigenvalue weighted by Crippen LogP contribution is 2.31. The number of fused-ring (bicyclic) bond motifs is 1. The van der Waals surface area contributed by atoms with Gasteiger partial charge in [0.15, 0.2) is 0 Å². The first-order valence-corrected chi connectivity index (χ1v) is 10.8. The summed E-state index contributed by atoms with van der Waals surface area (Å²) >= 11 is 0. The van der Waals surface area contributed by atoms with E-state index >= 15 is 0 Å². The van der Waals surface area contributed by atoms with E-state index in [9.17, 15) is 22.4 Å². The van der Waals surface area contributed by atoms with Crippen LogP contribution in [0.2, 0.25) is 0 Å². The quantitative estimate of drug-likeness (QED) is 0.301. The number of aromatic nitrogens is 2. The number of nitrogens with zero attached hydrogens (tertiary/aromatic N) is 3. The van der Waals surface area contributed by atoms with Crippen LogP contribution >= 0.6 is 0 Å². The van der Waals surface area contributed by atoms with E-state index in [1.807, 2.05) is 0 Å². The van der Waals surface area contributed by atoms with E-state index in [0.717, 1.165) is 0 Å². The summed E-state index contributed by atoms with van der Waals surface area (Å²) in [5, 5.41) is 0.296. The van der Waals surface area contributed by atoms with Crippen LogP contribution in [0.15, 0.2) is 77.6 Å². The van der Waals surface area contributed by atoms with E-state index in [1.54, 1.807) is 79.5 Å². The normalized spacial score (nSPS) is 12.6. The Morgan fingerprint density at radius 2 is 1.62 bits per heavy atom. The van der Waals surface area contributed by atoms with Crippen molar-refractivity contribution in [3.8, 4) is 0 Å². The minimum absolute atomic E-state index is 0.281. The zero-order chi connectivity index (χ0) is 24.5. The molecule has 3 aromatic carbocycles. The summed E-state index contributed by atoms with van der Waals surface area (Å²) in [6.07, 6.45) is -5.65. The predicted octanol–water partition coefficient (Wildman–Crippen LogP) is 6.54. The lowest BCUT2D eigenvalue weighted by Gasteiger charge is -2.24. The summed E-state index contributed by atoms with van der Waals surface area (Å²) in [7, 11) is 1.78. The third-order valence-electron chi connectivity index (χ3n) is 5.86. The van der Waals surface area contributed by atoms with Crippen molar-refractivity contribution in [3.05, 3.63) is 100 Å². The Labute approximate surface area is 194 Å². The summed E-state index contributed by atoms with van der Waals surface area (Å²) < 4.78 is 54.0. The topological polar surface area (TPSA) is 38.1 Å². The number of anilines is 2. The van der Waals surface area contributed by atoms with Gasteiger partial charge in [-0.1, -0.05) is 30.3 Å². The highest BCUT2D eigenvalue weighted by Gasteiger charge is 2.30. The van der Waals surface area contributed by atoms with Gasteiger partial charge in [-0.25, -0.2) is 9.37 Å². The van der Waals surface area contributed by atoms with Gasteiger partial charge in [0.1, 0.15) is 11.6 Å². The maximum absolute atomic E-state index is 13.6. The molecular weight excluding hydrogens is 446 g/mol. The monoisotopic (exact) mass is 469 g/mol. The van der Waals surface area contributed by atoms with Gasteiger partial charge < -0.3 is 4.90 Å². The number of halogens is 4. The van der Waals surface area contributed by atoms with Crippen LogP contribution in [-0.2, 0) is 0 Å². The summed E-state index contributed by atoms with van der Waals surface area (Å²) in [6.45, 7) is 1.63. The molecule has 34 heavy (non-hydrogen) atoms. The molecule has 0 fully saturated rings. The number of rotatable bonds is 6. The molecule has 1 aromatic heterocycles. The van der Waals surface area contributed by atoms with Crippen molar-refractivity contribution in [1.82, 2.24) is 9.55 Å². The smallest absolute Gasteiger partial charge is 0.345 e. The van der Waals surface area contributed by atoms with Crippen LogP contribution < -0.4 is 10.5 Å². The Balaban J connectivity index is 1.82. The van der Waals surface area contributed by atoms with Gasteiger partial charge in [-0.05, 0) is 61.4 Å². The lowest BCUT2D eigenvalue weighted by atomic mass is 10.0. The molecule has 1 heterocycles. The summed E-state index contributed by atoms with van der Waals surface area (Å²) in [4.78, 5) is 19.9. The Kier molecular flexibility index (Phi) is 6.41. The lowest BCUT2D eigenvalue weighted by molar-refractivity contribution is -0.136. The fourth-order valence-electron chi connectivity index (χ4n) is 4.11. The number of hydrogen-bond donors (Lipinski definition) is 0. The molecule has 0 N–H and O–H groups in total. The van der Waals surface area contributed by atoms with Crippen LogP contribution in [0.5, 0.6) is 0 Å². The number of alkyl halides is 3. The average Bonchev–Trinajstić information content (AvgIpc) is 2.81. The molecule has 176 valence electrons. The van der Waals surface area contributed by atoms with Crippen molar-refractivity contribution in [2.75, 3.05) is 11.9 Å². The van der Waals surface area contributed by atoms with E-state index in [0.29, 0.717) is 33.7 Å². The Morgan fingerprint density at radius 3 is 2.26 bits per heavy atom. The second-order valence-corrected chi connectivity index (χ2v) is 8.15. The Morgan fingerprint density at radius 1 is 0.971 bits per heavy atom. The zero-order valence-electron chi connectivity index (χ0n) is 18.7. The first-order chi connectivity index (χ1) is 16.1. The molecule has 0 saturated carbocycles. The largest absolute Gasteiger partial charge is 0.389 e. The molecule has 0 saturated heterocycles. The van der Waals surface area contributed by atoms with Crippen molar-refractivity contribution in [2.45, 2.75) is 32.0 Å². The molecule has 1 unspecified atom stereocenters. The average molecular weight is 469 g/mol. The van der Waals surface area contributed by atoms with Crippen LogP contribution in [0.25, 0.3) is 10.9 Å². The van der Waals surface area contributed by atoms with E-state index < -0.39 is 24.2 Å². The molecule has 8 heteroatoms. The maximum atomic E-state index is 13.6. The van der Waals surface area contributed by atoms with Gasteiger partial charge in [-0.3, -0.25) is 9.36 Å². The first-order valence-electron chi connectivity index (χ1n) is 10.8. The number of aryl methyl sites for hydroxylation is 1. The van der Waals surface area contributed by atoms with Crippen molar-refractivity contribution in [3.63, 3.8) is 0 Å². The van der Waals surface area contributed by atoms with Gasteiger partial charge in [-0.2, -0.15) is 13.2 Å². The van der Waals surface area contributed by atoms with Gasteiger partial charge in [-0.15, -0.1) is 0 Å². The maximum Gasteiger partial charge on any atom is 0.389 e. The molecule has 1 atom stereocenters. The second-order valence-electron chi connectivity index (χ2n) is 8.15. The van der Waals surface area contributed by atoms with Crippen LogP contribution in [-0.4, -0.2) is 22.8 Å². The highest BCUT2D eigenvalue weighted by atomic mass is 19.4. The molecule has 4 rings (SSSR count). The van der Waals surface area contributed by atoms with Crippen LogP contribution in [0.4, 0.5) is 28.9 Å². The summed E-state index contributed by atoms with van der Waals surface area (Å²) in [5.74, 6) is -0.0165. The van der Waals surface area contributed by atoms with Crippen molar-refractivity contribution < 1.29 is 17.6 Å². The van der Waals surface area contributed by atoms with E-state index in [4.69, 9.17) is 0 Å². The molecule has 0 spiro atoms. The first kappa shape index (κ1) is 23.5. The standard InChI is InChI=1S/C26H23F4N3O/c1-17-31-23-13-12-21(32(2)20-10-8-19(27)9-11-20)16-22(23)25(34)33(17)24(14-15-26(28,29)30)18-6-4-3-5-7-18/h3-13,16,24H,14-15H2,1-2H3. The van der Waals surface area contributed by atoms with E-state index in [2.05, 4.69) is 4.98 Å². The second kappa shape index (κ2) is 9.29. The highest BCUT2D eigenvalue weighted by molar-refractivity contribution is 5.83. The van der Waals surface area contributed by atoms with Gasteiger partial charge in [0, 0.05) is 24.8 Å².